The largest absolute Gasteiger partial charge is 0.481 e. The number of carbonyl (C=O) groups excluding carboxylic acids is 5. The zero-order valence-corrected chi connectivity index (χ0v) is 84.6. The summed E-state index contributed by atoms with van der Waals surface area (Å²) >= 11 is 3.27. The molecule has 21 fully saturated rings. The van der Waals surface area contributed by atoms with Crippen LogP contribution in [0.1, 0.15) is 137 Å². The molecule has 42 atom stereocenters. The summed E-state index contributed by atoms with van der Waals surface area (Å²) < 4.78 is 105. The fourth-order valence-corrected chi connectivity index (χ4v) is 20.8. The summed E-state index contributed by atoms with van der Waals surface area (Å²) in [4.78, 5) is 92.9. The van der Waals surface area contributed by atoms with Gasteiger partial charge in [0.1, 0.15) is 188 Å². The highest BCUT2D eigenvalue weighted by atomic mass is 32.2. The summed E-state index contributed by atoms with van der Waals surface area (Å²) in [5.74, 6) is -8.91. The first kappa shape index (κ1) is 123. The van der Waals surface area contributed by atoms with Gasteiger partial charge in [-0.05, 0) is 71.6 Å². The maximum absolute atomic E-state index is 13.8. The second kappa shape index (κ2) is 58.9. The lowest BCUT2D eigenvalue weighted by molar-refractivity contribution is -0.395. The monoisotopic (exact) mass is 2140 g/mol. The fourth-order valence-electron chi connectivity index (χ4n) is 17.8. The number of aliphatic hydroxyl groups is 20. The number of Topliss-reactive ketones (excluding diaryl/α,β-unsaturated/α-hetero) is 3. The van der Waals surface area contributed by atoms with Gasteiger partial charge in [-0.1, -0.05) is 64.8 Å². The molecule has 24 N–H and O–H groups in total. The van der Waals surface area contributed by atoms with Crippen molar-refractivity contribution in [1.29, 1.82) is 0 Å². The van der Waals surface area contributed by atoms with Crippen LogP contribution in [0.25, 0.3) is 6.08 Å². The number of hydrogen-bond acceptors (Lipinski definition) is 50. The lowest BCUT2D eigenvalue weighted by atomic mass is 9.73. The molecule has 21 saturated heterocycles. The van der Waals surface area contributed by atoms with E-state index in [1.165, 1.54) is 6.92 Å². The van der Waals surface area contributed by atoms with E-state index in [9.17, 15) is 146 Å². The van der Waals surface area contributed by atoms with Crippen molar-refractivity contribution in [3.05, 3.63) is 45.5 Å². The lowest BCUT2D eigenvalue weighted by Gasteiger charge is -2.50. The molecule has 14 bridgehead atoms. The lowest BCUT2D eigenvalue weighted by Crippen LogP contribution is -2.68. The number of aliphatic hydroxyl groups excluding tert-OH is 20. The van der Waals surface area contributed by atoms with Gasteiger partial charge in [0, 0.05) is 66.4 Å². The Kier molecular flexibility index (Phi) is 50.1. The van der Waals surface area contributed by atoms with E-state index < -0.39 is 325 Å². The molecule has 16 unspecified atom stereocenters. The van der Waals surface area contributed by atoms with Gasteiger partial charge in [0.25, 0.3) is 0 Å². The minimum atomic E-state index is -2.31. The van der Waals surface area contributed by atoms with E-state index in [1.807, 2.05) is 57.4 Å². The minimum Gasteiger partial charge on any atom is -0.481 e. The number of aryl methyl sites for hydroxylation is 1. The first-order valence-electron chi connectivity index (χ1n) is 48.5. The topological polar surface area (TPSA) is 770 Å². The number of carbonyl (C=O) groups is 7. The molecule has 1 aromatic rings. The Balaban J connectivity index is 0.000000465. The number of rotatable bonds is 35. The first-order valence-corrected chi connectivity index (χ1v) is 51.7. The van der Waals surface area contributed by atoms with Gasteiger partial charge < -0.3 is 203 Å². The Morgan fingerprint density at radius 2 is 0.883 bits per heavy atom. The zero-order chi connectivity index (χ0) is 107. The van der Waals surface area contributed by atoms with Gasteiger partial charge in [0.2, 0.25) is 0 Å². The molecule has 23 rings (SSSR count). The summed E-state index contributed by atoms with van der Waals surface area (Å²) in [6.07, 6.45) is -63.9. The van der Waals surface area contributed by atoms with E-state index in [0.717, 1.165) is 58.2 Å². The van der Waals surface area contributed by atoms with Crippen molar-refractivity contribution in [1.82, 2.24) is 4.98 Å². The van der Waals surface area contributed by atoms with Gasteiger partial charge in [-0.2, -0.15) is 23.5 Å². The molecule has 0 radical (unpaired) electrons. The van der Waals surface area contributed by atoms with Crippen LogP contribution in [-0.4, -0.2) is 481 Å². The van der Waals surface area contributed by atoms with E-state index in [-0.39, 0.29) is 99.2 Å². The highest BCUT2D eigenvalue weighted by Crippen LogP contribution is 2.42. The maximum atomic E-state index is 13.8. The number of allylic oxidation sites excluding steroid dienone is 2. The van der Waals surface area contributed by atoms with Crippen molar-refractivity contribution in [3.8, 4) is 0 Å². The Morgan fingerprint density at radius 1 is 0.510 bits per heavy atom. The van der Waals surface area contributed by atoms with Crippen LogP contribution >= 0.6 is 34.9 Å². The fraction of sp³-hybridized carbons (Fsp3) is 0.828. The average molecular weight is 2140 g/mol. The number of carboxylic acid groups (broad SMARTS) is 2. The van der Waals surface area contributed by atoms with Crippen LogP contribution in [0.2, 0.25) is 0 Å². The predicted molar refractivity (Wildman–Crippen MR) is 500 cm³/mol. The number of nitrogens with two attached hydrogens (primary N) is 1. The molecule has 1 aromatic heterocycles. The number of cyclic esters (lactones) is 1. The quantitative estimate of drug-likeness (QED) is 0.0171. The van der Waals surface area contributed by atoms with Crippen LogP contribution in [0.5, 0.6) is 0 Å². The molecule has 22 aliphatic rings. The van der Waals surface area contributed by atoms with Gasteiger partial charge in [0.15, 0.2) is 44.0 Å². The number of ether oxygens (including phenoxy) is 18. The van der Waals surface area contributed by atoms with Crippen molar-refractivity contribution in [2.24, 2.45) is 34.8 Å². The smallest absolute Gasteiger partial charge is 0.309 e. The molecule has 49 nitrogen and oxygen atoms in total. The molecule has 830 valence electrons. The number of unbranched alkanes of at least 4 members (excludes halogenated alkanes) is 2. The third-order valence-electron chi connectivity index (χ3n) is 26.7. The molecular weight excluding hydrogens is 1990 g/mol. The third-order valence-corrected chi connectivity index (χ3v) is 29.9. The van der Waals surface area contributed by atoms with Gasteiger partial charge in [-0.3, -0.25) is 33.6 Å². The van der Waals surface area contributed by atoms with Crippen LogP contribution in [0.15, 0.2) is 34.8 Å². The predicted octanol–water partition coefficient (Wildman–Crippen LogP) is -5.46. The molecule has 0 amide bonds. The first-order chi connectivity index (χ1) is 68.8. The summed E-state index contributed by atoms with van der Waals surface area (Å²) in [5, 5.41) is 251. The van der Waals surface area contributed by atoms with Gasteiger partial charge in [-0.25, -0.2) is 4.98 Å². The molecule has 52 heteroatoms. The van der Waals surface area contributed by atoms with Crippen molar-refractivity contribution in [2.45, 2.75) is 366 Å². The van der Waals surface area contributed by atoms with E-state index in [4.69, 9.17) is 91.0 Å². The minimum absolute atomic E-state index is 0.0656. The Hall–Kier alpha value is -5.04. The van der Waals surface area contributed by atoms with Gasteiger partial charge in [-0.15, -0.1) is 11.3 Å². The molecule has 0 aliphatic carbocycles. The molecule has 145 heavy (non-hydrogen) atoms. The van der Waals surface area contributed by atoms with Gasteiger partial charge in [0.05, 0.1) is 118 Å². The van der Waals surface area contributed by atoms with E-state index in [0.29, 0.717) is 25.8 Å². The number of ketones is 3. The number of hydrogen-bond donors (Lipinski definition) is 23. The second-order valence-electron chi connectivity index (χ2n) is 38.1. The summed E-state index contributed by atoms with van der Waals surface area (Å²) in [7, 11) is 0. The standard InChI is InChI=1S/C60H98O41S2.C33H50N2O6S/c1-3-21(52(82)83)16-102-18-29-50-36(73)43(80)59(93-29)98-48-27(14-64)89-55(39(76)32(48)69)95-45-24(11-61)88-54(38(75)31(45)68)96-46-26(13-63)92-58(42(79)35(46)72)101-51-30(19-103-17-22(53(84)85)10-23(67)5-7-87-9-8-86-6-4-20(2)66)94-60(44(81)37(51)74)99-49-28(15-65)90-56(40(77)33(49)70)97-47-25(12-62)91-57(100-50)41(78)34(47)71;1-21-12-11-13-22(2)31(41-29(37)14-9-8-10-17-34)24(4)32(39)33(6,7)28(36)19-30(38)40-27(16-15-21)23(3)18-26-20-42-25(5)35-26/h21-22,24-51,54-65,68-81H,3-19H2,1-2H3,(H,82,83)(H,84,85);11,13,15,18,20,22,24,27-28,31,36H,8-10,12,14,16-17,19,34H2,1-7H3/b;13-11-,21-15-,23-18+/t21?,22?,24?,25?,26?,27?,28?,29?,30?,31-,32-,33-,34-,35-,36-,37-,38?,39?,40?,41?,42?,43?,44?,45-,46-,47-,48-,49-,50-,51-,54-,55-,56-,57-,58-,59-,60-;22-,24+,27-,28-,31-/m10/s1. The number of thiazole rings is 1. The summed E-state index contributed by atoms with van der Waals surface area (Å²) in [6, 6.07) is 0. The highest BCUT2D eigenvalue weighted by molar-refractivity contribution is 7.99. The number of thioether (sulfide) groups is 2. The SMILES string of the molecule is C/C1=C/C[C@@H](/C(C)=C/c2csc(C)n2)OC(=O)C[C@H](O)C(C)(C)C(=O)[C@H](C)[C@@H](OC(=O)CCCCCN)[C@@H](C)/C=C\C1.CCC(CSCC1O[C@@H]2O[C@@H]3C(CO)O[C@H](O[C@@H]4C(CO)O[C@H](O[C@@H]5C(CO)O[C@H](O[C@@H]6C(CSCC(CC(=O)CCOCCOCCC(C)=O)C(=O)O)O[C@H](O[C@@H]7C(CO)O[C@H](O[C@@H]8C(CO)O[C@H](O[C@H]1[C@H](O)C2O)C(O)[C@H]8O)C(O)[C@H]7O)C(O)[C@H]6O)C(O)[C@H]5O)C(O)[C@H]4O)C(O)[C@H]3O)C(=O)O. The highest BCUT2D eigenvalue weighted by Gasteiger charge is 2.61. The second-order valence-corrected chi connectivity index (χ2v) is 41.3. The molecule has 0 aromatic carbocycles. The van der Waals surface area contributed by atoms with Crippen LogP contribution < -0.4 is 5.73 Å². The summed E-state index contributed by atoms with van der Waals surface area (Å²) in [5.41, 5.74) is 7.01. The Morgan fingerprint density at radius 3 is 1.23 bits per heavy atom. The maximum Gasteiger partial charge on any atom is 0.309 e. The van der Waals surface area contributed by atoms with Gasteiger partial charge >= 0.3 is 23.9 Å². The number of aromatic nitrogens is 1. The van der Waals surface area contributed by atoms with E-state index >= 15 is 0 Å². The molecule has 23 heterocycles. The van der Waals surface area contributed by atoms with Crippen LogP contribution in [-0.2, 0) is 119 Å². The van der Waals surface area contributed by atoms with Crippen molar-refractivity contribution in [3.63, 3.8) is 0 Å². The van der Waals surface area contributed by atoms with Crippen LogP contribution in [0.4, 0.5) is 0 Å². The van der Waals surface area contributed by atoms with E-state index in [1.54, 1.807) is 39.0 Å². The van der Waals surface area contributed by atoms with Crippen molar-refractivity contribution in [2.75, 3.05) is 89.0 Å². The average Bonchev–Trinajstić information content (AvgIpc) is 0.839. The number of carboxylic acids is 2. The van der Waals surface area contributed by atoms with Crippen LogP contribution in [0.3, 0.4) is 0 Å². The zero-order valence-electron chi connectivity index (χ0n) is 82.1. The number of nitrogens with zero attached hydrogens (tertiary/aromatic N) is 1. The number of esters is 2. The third kappa shape index (κ3) is 33.3. The molecule has 22 aliphatic heterocycles. The number of aliphatic carboxylic acids is 2. The Bertz CT molecular complexity index is 4250. The Labute approximate surface area is 849 Å². The van der Waals surface area contributed by atoms with E-state index in [2.05, 4.69) is 4.98 Å². The molecular formula is C93H148N2O47S3. The van der Waals surface area contributed by atoms with Crippen molar-refractivity contribution >= 4 is 82.2 Å². The molecule has 0 saturated carbocycles. The molecule has 0 spiro atoms. The normalized spacial score (nSPS) is 40.1. The summed E-state index contributed by atoms with van der Waals surface area (Å²) in [6.45, 7) is 11.1. The van der Waals surface area contributed by atoms with Crippen LogP contribution in [0, 0.1) is 36.0 Å². The van der Waals surface area contributed by atoms with Crippen molar-refractivity contribution < 1.29 is 231 Å².